The number of likely N-dealkylation sites (N-methyl/N-ethyl adjacent to an activating group) is 1. The molecule has 0 unspecified atom stereocenters. The molecule has 0 aliphatic carbocycles. The first-order valence-corrected chi connectivity index (χ1v) is 9.38. The number of aromatic nitrogens is 1. The quantitative estimate of drug-likeness (QED) is 0.743. The maximum Gasteiger partial charge on any atom is 0.267 e. The average molecular weight is 393 g/mol. The van der Waals surface area contributed by atoms with Gasteiger partial charge in [0, 0.05) is 48.1 Å². The van der Waals surface area contributed by atoms with E-state index in [9.17, 15) is 4.79 Å². The van der Waals surface area contributed by atoms with Gasteiger partial charge in [-0.05, 0) is 50.7 Å². The Bertz CT molecular complexity index is 691. The Morgan fingerprint density at radius 2 is 2.00 bits per heavy atom. The number of hydrogen-bond donors (Lipinski definition) is 2. The van der Waals surface area contributed by atoms with Crippen molar-refractivity contribution in [1.29, 1.82) is 0 Å². The molecule has 0 saturated carbocycles. The number of halogens is 1. The van der Waals surface area contributed by atoms with E-state index in [2.05, 4.69) is 43.1 Å². The van der Waals surface area contributed by atoms with E-state index in [0.29, 0.717) is 5.69 Å². The standard InChI is InChI=1S/C18H25BrN4O/c1-22-8-10-23(11-9-22)7-3-2-6-20-18(24)17-13-14-12-15(19)4-5-16(14)21-17/h4-5,12-13,21H,2-3,6-11H2,1H3,(H,20,24). The van der Waals surface area contributed by atoms with Gasteiger partial charge in [0.2, 0.25) is 0 Å². The van der Waals surface area contributed by atoms with Crippen molar-refractivity contribution < 1.29 is 4.79 Å². The number of carbonyl (C=O) groups is 1. The lowest BCUT2D eigenvalue weighted by molar-refractivity contribution is 0.0947. The topological polar surface area (TPSA) is 51.4 Å². The minimum atomic E-state index is -0.0260. The molecule has 130 valence electrons. The zero-order valence-corrected chi connectivity index (χ0v) is 15.7. The van der Waals surface area contributed by atoms with E-state index < -0.39 is 0 Å². The first-order chi connectivity index (χ1) is 11.6. The Balaban J connectivity index is 1.39. The summed E-state index contributed by atoms with van der Waals surface area (Å²) in [5, 5.41) is 4.06. The Labute approximate surface area is 151 Å². The van der Waals surface area contributed by atoms with Crippen LogP contribution in [0.25, 0.3) is 10.9 Å². The minimum Gasteiger partial charge on any atom is -0.351 e. The summed E-state index contributed by atoms with van der Waals surface area (Å²) in [6.07, 6.45) is 2.15. The highest BCUT2D eigenvalue weighted by Gasteiger charge is 2.13. The summed E-state index contributed by atoms with van der Waals surface area (Å²) in [6, 6.07) is 7.86. The second kappa shape index (κ2) is 8.14. The maximum atomic E-state index is 12.2. The normalized spacial score (nSPS) is 16.6. The Morgan fingerprint density at radius 1 is 1.21 bits per heavy atom. The van der Waals surface area contributed by atoms with E-state index in [1.165, 1.54) is 0 Å². The number of hydrogen-bond acceptors (Lipinski definition) is 3. The molecule has 2 aromatic rings. The molecule has 1 aliphatic heterocycles. The van der Waals surface area contributed by atoms with Crippen molar-refractivity contribution in [1.82, 2.24) is 20.1 Å². The van der Waals surface area contributed by atoms with Crippen LogP contribution in [-0.2, 0) is 0 Å². The van der Waals surface area contributed by atoms with Crippen LogP contribution in [0, 0.1) is 0 Å². The highest BCUT2D eigenvalue weighted by molar-refractivity contribution is 9.10. The molecular weight excluding hydrogens is 368 g/mol. The van der Waals surface area contributed by atoms with Crippen LogP contribution < -0.4 is 5.32 Å². The number of carbonyl (C=O) groups excluding carboxylic acids is 1. The predicted octanol–water partition coefficient (Wildman–Crippen LogP) is 2.69. The maximum absolute atomic E-state index is 12.2. The van der Waals surface area contributed by atoms with E-state index >= 15 is 0 Å². The third-order valence-electron chi connectivity index (χ3n) is 4.61. The van der Waals surface area contributed by atoms with Gasteiger partial charge in [-0.15, -0.1) is 0 Å². The molecule has 1 amide bonds. The van der Waals surface area contributed by atoms with Gasteiger partial charge in [-0.3, -0.25) is 4.79 Å². The van der Waals surface area contributed by atoms with Gasteiger partial charge in [-0.2, -0.15) is 0 Å². The third-order valence-corrected chi connectivity index (χ3v) is 5.10. The molecule has 1 aliphatic rings. The van der Waals surface area contributed by atoms with Gasteiger partial charge in [-0.1, -0.05) is 15.9 Å². The molecule has 0 radical (unpaired) electrons. The van der Waals surface area contributed by atoms with Crippen molar-refractivity contribution in [3.8, 4) is 0 Å². The van der Waals surface area contributed by atoms with Crippen LogP contribution in [0.2, 0.25) is 0 Å². The Hall–Kier alpha value is -1.37. The second-order valence-corrected chi connectivity index (χ2v) is 7.44. The van der Waals surface area contributed by atoms with Crippen molar-refractivity contribution in [3.63, 3.8) is 0 Å². The van der Waals surface area contributed by atoms with Crippen molar-refractivity contribution in [2.75, 3.05) is 46.3 Å². The van der Waals surface area contributed by atoms with E-state index in [1.54, 1.807) is 0 Å². The van der Waals surface area contributed by atoms with E-state index in [1.807, 2.05) is 24.3 Å². The van der Waals surface area contributed by atoms with Crippen LogP contribution in [0.15, 0.2) is 28.7 Å². The number of aromatic amines is 1. The van der Waals surface area contributed by atoms with Gasteiger partial charge in [0.1, 0.15) is 5.69 Å². The molecule has 2 N–H and O–H groups in total. The second-order valence-electron chi connectivity index (χ2n) is 6.52. The molecule has 3 rings (SSSR count). The molecule has 0 atom stereocenters. The first-order valence-electron chi connectivity index (χ1n) is 8.59. The fourth-order valence-electron chi connectivity index (χ4n) is 3.05. The van der Waals surface area contributed by atoms with Crippen LogP contribution in [-0.4, -0.2) is 67.0 Å². The smallest absolute Gasteiger partial charge is 0.267 e. The summed E-state index contributed by atoms with van der Waals surface area (Å²) >= 11 is 3.45. The number of piperazine rings is 1. The number of fused-ring (bicyclic) bond motifs is 1. The van der Waals surface area contributed by atoms with Crippen LogP contribution >= 0.6 is 15.9 Å². The summed E-state index contributed by atoms with van der Waals surface area (Å²) < 4.78 is 1.02. The molecule has 1 aromatic carbocycles. The predicted molar refractivity (Wildman–Crippen MR) is 102 cm³/mol. The number of amides is 1. The highest BCUT2D eigenvalue weighted by Crippen LogP contribution is 2.20. The molecule has 5 nitrogen and oxygen atoms in total. The summed E-state index contributed by atoms with van der Waals surface area (Å²) in [4.78, 5) is 20.3. The van der Waals surface area contributed by atoms with Crippen LogP contribution in [0.4, 0.5) is 0 Å². The van der Waals surface area contributed by atoms with E-state index in [4.69, 9.17) is 0 Å². The molecule has 1 aromatic heterocycles. The van der Waals surface area contributed by atoms with Gasteiger partial charge in [-0.25, -0.2) is 0 Å². The SMILES string of the molecule is CN1CCN(CCCCNC(=O)c2cc3cc(Br)ccc3[nH]2)CC1. The lowest BCUT2D eigenvalue weighted by atomic mass is 10.2. The van der Waals surface area contributed by atoms with Crippen molar-refractivity contribution >= 4 is 32.7 Å². The molecule has 24 heavy (non-hydrogen) atoms. The van der Waals surface area contributed by atoms with Crippen molar-refractivity contribution in [2.24, 2.45) is 0 Å². The zero-order chi connectivity index (χ0) is 16.9. The van der Waals surface area contributed by atoms with Crippen molar-refractivity contribution in [3.05, 3.63) is 34.4 Å². The van der Waals surface area contributed by atoms with Gasteiger partial charge in [0.05, 0.1) is 0 Å². The summed E-state index contributed by atoms with van der Waals surface area (Å²) in [5.74, 6) is -0.0260. The fraction of sp³-hybridized carbons (Fsp3) is 0.500. The number of H-pyrrole nitrogens is 1. The number of unbranched alkanes of at least 4 members (excludes halogenated alkanes) is 1. The molecular formula is C18H25BrN4O. The molecule has 1 saturated heterocycles. The first kappa shape index (κ1) is 17.5. The third kappa shape index (κ3) is 4.59. The number of nitrogens with zero attached hydrogens (tertiary/aromatic N) is 2. The number of benzene rings is 1. The van der Waals surface area contributed by atoms with E-state index in [0.717, 1.165) is 67.5 Å². The molecule has 0 spiro atoms. The Kier molecular flexibility index (Phi) is 5.92. The van der Waals surface area contributed by atoms with Gasteiger partial charge < -0.3 is 20.1 Å². The summed E-state index contributed by atoms with van der Waals surface area (Å²) in [7, 11) is 2.18. The summed E-state index contributed by atoms with van der Waals surface area (Å²) in [6.45, 7) is 6.50. The van der Waals surface area contributed by atoms with Crippen LogP contribution in [0.1, 0.15) is 23.3 Å². The lowest BCUT2D eigenvalue weighted by Crippen LogP contribution is -2.44. The largest absolute Gasteiger partial charge is 0.351 e. The number of nitrogens with one attached hydrogen (secondary N) is 2. The van der Waals surface area contributed by atoms with Crippen LogP contribution in [0.3, 0.4) is 0 Å². The van der Waals surface area contributed by atoms with Gasteiger partial charge in [0.15, 0.2) is 0 Å². The Morgan fingerprint density at radius 3 is 2.79 bits per heavy atom. The number of rotatable bonds is 6. The molecule has 0 bridgehead atoms. The molecule has 2 heterocycles. The molecule has 6 heteroatoms. The van der Waals surface area contributed by atoms with Gasteiger partial charge >= 0.3 is 0 Å². The fourth-order valence-corrected chi connectivity index (χ4v) is 3.43. The zero-order valence-electron chi connectivity index (χ0n) is 14.1. The monoisotopic (exact) mass is 392 g/mol. The summed E-state index contributed by atoms with van der Waals surface area (Å²) in [5.41, 5.74) is 1.61. The lowest BCUT2D eigenvalue weighted by Gasteiger charge is -2.32. The van der Waals surface area contributed by atoms with E-state index in [-0.39, 0.29) is 5.91 Å². The minimum absolute atomic E-state index is 0.0260. The van der Waals surface area contributed by atoms with Crippen LogP contribution in [0.5, 0.6) is 0 Å². The average Bonchev–Trinajstić information content (AvgIpc) is 2.99. The molecule has 1 fully saturated rings. The highest BCUT2D eigenvalue weighted by atomic mass is 79.9. The van der Waals surface area contributed by atoms with Crippen molar-refractivity contribution in [2.45, 2.75) is 12.8 Å². The van der Waals surface area contributed by atoms with Gasteiger partial charge in [0.25, 0.3) is 5.91 Å².